The molecule has 152 valence electrons. The molecular weight excluding hydrogens is 392 g/mol. The fraction of sp³-hybridized carbons (Fsp3) is 0.438. The van der Waals surface area contributed by atoms with E-state index in [9.17, 15) is 31.1 Å². The molecule has 28 heavy (non-hydrogen) atoms. The standard InChI is InChI=1S/C16H15F6N5O/c17-10-6-12(19)11(18)4-8(10)3-9(23)5-14(28)26-1-2-27-13(7-26)24-15(25-27)16(20,21)22/h4,6,9H,1-3,5,7,23H2/t9-/m1/s1. The molecule has 0 fully saturated rings. The Morgan fingerprint density at radius 1 is 1.14 bits per heavy atom. The largest absolute Gasteiger partial charge is 0.453 e. The van der Waals surface area contributed by atoms with Gasteiger partial charge in [-0.3, -0.25) is 4.79 Å². The first-order chi connectivity index (χ1) is 13.0. The van der Waals surface area contributed by atoms with Gasteiger partial charge in [0.1, 0.15) is 11.6 Å². The lowest BCUT2D eigenvalue weighted by molar-refractivity contribution is -0.145. The highest BCUT2D eigenvalue weighted by atomic mass is 19.4. The molecule has 0 saturated carbocycles. The molecule has 0 unspecified atom stereocenters. The molecule has 2 aromatic rings. The number of carbonyl (C=O) groups excluding carboxylic acids is 1. The van der Waals surface area contributed by atoms with Crippen molar-refractivity contribution in [3.05, 3.63) is 46.8 Å². The molecule has 1 aliphatic heterocycles. The van der Waals surface area contributed by atoms with Crippen LogP contribution < -0.4 is 5.73 Å². The van der Waals surface area contributed by atoms with Crippen LogP contribution in [-0.2, 0) is 30.5 Å². The number of benzene rings is 1. The van der Waals surface area contributed by atoms with E-state index >= 15 is 0 Å². The first kappa shape index (κ1) is 20.1. The number of nitrogens with zero attached hydrogens (tertiary/aromatic N) is 4. The maximum atomic E-state index is 13.7. The number of nitrogens with two attached hydrogens (primary N) is 1. The van der Waals surface area contributed by atoms with E-state index in [-0.39, 0.29) is 43.9 Å². The minimum absolute atomic E-state index is 0.00727. The van der Waals surface area contributed by atoms with Crippen LogP contribution in [0.5, 0.6) is 0 Å². The summed E-state index contributed by atoms with van der Waals surface area (Å²) in [6.45, 7) is -0.0237. The summed E-state index contributed by atoms with van der Waals surface area (Å²) in [7, 11) is 0. The van der Waals surface area contributed by atoms with Gasteiger partial charge in [0, 0.05) is 25.1 Å². The molecule has 12 heteroatoms. The maximum absolute atomic E-state index is 13.7. The number of halogens is 6. The number of amides is 1. The van der Waals surface area contributed by atoms with Gasteiger partial charge < -0.3 is 10.6 Å². The third-order valence-corrected chi connectivity index (χ3v) is 4.28. The molecular formula is C16H15F6N5O. The molecule has 6 nitrogen and oxygen atoms in total. The lowest BCUT2D eigenvalue weighted by atomic mass is 10.0. The predicted molar refractivity (Wildman–Crippen MR) is 83.1 cm³/mol. The lowest BCUT2D eigenvalue weighted by Gasteiger charge is -2.27. The number of fused-ring (bicyclic) bond motifs is 1. The summed E-state index contributed by atoms with van der Waals surface area (Å²) < 4.78 is 79.0. The van der Waals surface area contributed by atoms with Crippen molar-refractivity contribution < 1.29 is 31.1 Å². The van der Waals surface area contributed by atoms with Gasteiger partial charge in [0.15, 0.2) is 11.6 Å². The maximum Gasteiger partial charge on any atom is 0.453 e. The lowest BCUT2D eigenvalue weighted by Crippen LogP contribution is -2.41. The number of rotatable bonds is 4. The summed E-state index contributed by atoms with van der Waals surface area (Å²) in [5.41, 5.74) is 5.64. The summed E-state index contributed by atoms with van der Waals surface area (Å²) in [6.07, 6.45) is -5.15. The van der Waals surface area contributed by atoms with Crippen molar-refractivity contribution in [3.8, 4) is 0 Å². The van der Waals surface area contributed by atoms with Gasteiger partial charge in [0.05, 0.1) is 13.1 Å². The third kappa shape index (κ3) is 4.26. The predicted octanol–water partition coefficient (Wildman–Crippen LogP) is 2.02. The second kappa shape index (κ2) is 7.41. The van der Waals surface area contributed by atoms with Crippen LogP contribution in [0.15, 0.2) is 12.1 Å². The highest BCUT2D eigenvalue weighted by molar-refractivity contribution is 5.76. The molecule has 1 amide bonds. The second-order valence-corrected chi connectivity index (χ2v) is 6.41. The smallest absolute Gasteiger partial charge is 0.333 e. The van der Waals surface area contributed by atoms with Gasteiger partial charge in [-0.15, -0.1) is 5.10 Å². The van der Waals surface area contributed by atoms with Gasteiger partial charge in [0.2, 0.25) is 5.91 Å². The average Bonchev–Trinajstić information content (AvgIpc) is 3.03. The van der Waals surface area contributed by atoms with E-state index in [1.807, 2.05) is 0 Å². The van der Waals surface area contributed by atoms with Gasteiger partial charge >= 0.3 is 6.18 Å². The fourth-order valence-corrected chi connectivity index (χ4v) is 2.90. The monoisotopic (exact) mass is 407 g/mol. The van der Waals surface area contributed by atoms with Crippen LogP contribution in [0.3, 0.4) is 0 Å². The van der Waals surface area contributed by atoms with E-state index in [1.54, 1.807) is 0 Å². The van der Waals surface area contributed by atoms with Crippen LogP contribution in [0, 0.1) is 17.5 Å². The summed E-state index contributed by atoms with van der Waals surface area (Å²) in [4.78, 5) is 17.0. The molecule has 0 aliphatic carbocycles. The Kier molecular flexibility index (Phi) is 5.33. The molecule has 1 aliphatic rings. The van der Waals surface area contributed by atoms with Crippen molar-refractivity contribution in [1.29, 1.82) is 0 Å². The number of hydrogen-bond donors (Lipinski definition) is 1. The highest BCUT2D eigenvalue weighted by Gasteiger charge is 2.38. The van der Waals surface area contributed by atoms with Crippen LogP contribution in [0.2, 0.25) is 0 Å². The van der Waals surface area contributed by atoms with Gasteiger partial charge in [-0.1, -0.05) is 0 Å². The number of hydrogen-bond acceptors (Lipinski definition) is 4. The van der Waals surface area contributed by atoms with E-state index in [4.69, 9.17) is 5.73 Å². The minimum Gasteiger partial charge on any atom is -0.333 e. The first-order valence-electron chi connectivity index (χ1n) is 8.22. The number of alkyl halides is 3. The van der Waals surface area contributed by atoms with Crippen molar-refractivity contribution in [3.63, 3.8) is 0 Å². The van der Waals surface area contributed by atoms with E-state index in [0.29, 0.717) is 12.1 Å². The topological polar surface area (TPSA) is 77.0 Å². The Morgan fingerprint density at radius 3 is 2.50 bits per heavy atom. The Morgan fingerprint density at radius 2 is 1.82 bits per heavy atom. The molecule has 3 rings (SSSR count). The van der Waals surface area contributed by atoms with Crippen molar-refractivity contribution >= 4 is 5.91 Å². The van der Waals surface area contributed by atoms with Crippen molar-refractivity contribution in [2.45, 2.75) is 38.1 Å². The van der Waals surface area contributed by atoms with E-state index in [2.05, 4.69) is 10.1 Å². The molecule has 2 N–H and O–H groups in total. The SMILES string of the molecule is N[C@@H](CC(=O)N1CCn2nc(C(F)(F)F)nc2C1)Cc1cc(F)c(F)cc1F. The Bertz CT molecular complexity index is 896. The summed E-state index contributed by atoms with van der Waals surface area (Å²) in [5, 5.41) is 3.37. The first-order valence-corrected chi connectivity index (χ1v) is 8.22. The van der Waals surface area contributed by atoms with Crippen molar-refractivity contribution in [1.82, 2.24) is 19.7 Å². The zero-order valence-corrected chi connectivity index (χ0v) is 14.3. The highest BCUT2D eigenvalue weighted by Crippen LogP contribution is 2.27. The van der Waals surface area contributed by atoms with Crippen LogP contribution in [-0.4, -0.2) is 38.2 Å². The number of aromatic nitrogens is 3. The number of carbonyl (C=O) groups is 1. The van der Waals surface area contributed by atoms with Gasteiger partial charge in [-0.05, 0) is 18.1 Å². The van der Waals surface area contributed by atoms with E-state index < -0.39 is 41.4 Å². The van der Waals surface area contributed by atoms with Gasteiger partial charge in [-0.2, -0.15) is 13.2 Å². The molecule has 0 bridgehead atoms. The Balaban J connectivity index is 1.62. The fourth-order valence-electron chi connectivity index (χ4n) is 2.90. The zero-order chi connectivity index (χ0) is 20.6. The molecule has 1 aromatic carbocycles. The summed E-state index contributed by atoms with van der Waals surface area (Å²) in [6, 6.07) is 0.184. The Labute approximate surface area is 154 Å². The molecule has 1 atom stereocenters. The van der Waals surface area contributed by atoms with E-state index in [0.717, 1.165) is 4.68 Å². The van der Waals surface area contributed by atoms with Crippen molar-refractivity contribution in [2.75, 3.05) is 6.54 Å². The van der Waals surface area contributed by atoms with Gasteiger partial charge in [0.25, 0.3) is 5.82 Å². The molecule has 0 spiro atoms. The molecule has 0 saturated heterocycles. The van der Waals surface area contributed by atoms with Gasteiger partial charge in [-0.25, -0.2) is 22.8 Å². The molecule has 2 heterocycles. The molecule has 1 aromatic heterocycles. The van der Waals surface area contributed by atoms with Crippen molar-refractivity contribution in [2.24, 2.45) is 5.73 Å². The molecule has 0 radical (unpaired) electrons. The van der Waals surface area contributed by atoms with Crippen LogP contribution >= 0.6 is 0 Å². The average molecular weight is 407 g/mol. The quantitative estimate of drug-likeness (QED) is 0.622. The van der Waals surface area contributed by atoms with Crippen LogP contribution in [0.4, 0.5) is 26.3 Å². The Hall–Kier alpha value is -2.63. The van der Waals surface area contributed by atoms with E-state index in [1.165, 1.54) is 4.90 Å². The van der Waals surface area contributed by atoms with Crippen LogP contribution in [0.1, 0.15) is 23.6 Å². The summed E-state index contributed by atoms with van der Waals surface area (Å²) in [5.74, 6) is -5.30. The third-order valence-electron chi connectivity index (χ3n) is 4.28. The zero-order valence-electron chi connectivity index (χ0n) is 14.3. The van der Waals surface area contributed by atoms with Crippen LogP contribution in [0.25, 0.3) is 0 Å². The normalized spacial score (nSPS) is 15.5. The summed E-state index contributed by atoms with van der Waals surface area (Å²) >= 11 is 0. The minimum atomic E-state index is -4.68. The second-order valence-electron chi connectivity index (χ2n) is 6.41.